The van der Waals surface area contributed by atoms with Gasteiger partial charge >= 0.3 is 0 Å². The van der Waals surface area contributed by atoms with Crippen molar-refractivity contribution in [2.24, 2.45) is 11.7 Å². The molecule has 0 spiro atoms. The van der Waals surface area contributed by atoms with Crippen LogP contribution in [-0.2, 0) is 10.0 Å². The number of hydrogen-bond acceptors (Lipinski definition) is 4. The molecule has 16 heavy (non-hydrogen) atoms. The number of hydrogen-bond donors (Lipinski definition) is 1. The smallest absolute Gasteiger partial charge is 0.276 e. The lowest BCUT2D eigenvalue weighted by Crippen LogP contribution is -2.41. The number of nitrogens with two attached hydrogens (primary N) is 1. The maximum Gasteiger partial charge on any atom is 0.276 e. The van der Waals surface area contributed by atoms with Crippen LogP contribution in [-0.4, -0.2) is 32.4 Å². The number of piperidine rings is 1. The Morgan fingerprint density at radius 2 is 2.38 bits per heavy atom. The van der Waals surface area contributed by atoms with E-state index in [0.29, 0.717) is 19.6 Å². The molecule has 0 bridgehead atoms. The molecule has 0 amide bonds. The zero-order valence-electron chi connectivity index (χ0n) is 9.00. The third kappa shape index (κ3) is 2.14. The molecule has 1 unspecified atom stereocenters. The predicted molar refractivity (Wildman–Crippen MR) is 59.2 cm³/mol. The highest BCUT2D eigenvalue weighted by molar-refractivity contribution is 7.89. The summed E-state index contributed by atoms with van der Waals surface area (Å²) in [4.78, 5) is 0. The number of sulfonamides is 1. The molecule has 0 aromatic carbocycles. The molecule has 1 saturated heterocycles. The van der Waals surface area contributed by atoms with Crippen molar-refractivity contribution >= 4 is 10.0 Å². The summed E-state index contributed by atoms with van der Waals surface area (Å²) in [6, 6.07) is 3.05. The standard InChI is InChI=1S/C10H16N2O3S/c11-7-9-3-1-5-12(8-9)16(13,14)10-4-2-6-15-10/h2,4,6,9H,1,3,5,7-8,11H2. The molecule has 0 radical (unpaired) electrons. The van der Waals surface area contributed by atoms with Gasteiger partial charge in [-0.2, -0.15) is 4.31 Å². The summed E-state index contributed by atoms with van der Waals surface area (Å²) < 4.78 is 30.6. The molecule has 2 N–H and O–H groups in total. The first-order valence-corrected chi connectivity index (χ1v) is 6.82. The van der Waals surface area contributed by atoms with Crippen molar-refractivity contribution in [2.45, 2.75) is 17.9 Å². The van der Waals surface area contributed by atoms with Gasteiger partial charge in [-0.3, -0.25) is 0 Å². The minimum absolute atomic E-state index is 0.0187. The summed E-state index contributed by atoms with van der Waals surface area (Å²) in [5.41, 5.74) is 5.58. The molecular weight excluding hydrogens is 228 g/mol. The van der Waals surface area contributed by atoms with Crippen LogP contribution in [0.25, 0.3) is 0 Å². The maximum atomic E-state index is 12.1. The second-order valence-electron chi connectivity index (χ2n) is 4.04. The van der Waals surface area contributed by atoms with E-state index in [2.05, 4.69) is 0 Å². The summed E-state index contributed by atoms with van der Waals surface area (Å²) >= 11 is 0. The SMILES string of the molecule is NCC1CCCN(S(=O)(=O)c2ccco2)C1. The van der Waals surface area contributed by atoms with Gasteiger partial charge in [-0.25, -0.2) is 8.42 Å². The molecular formula is C10H16N2O3S. The van der Waals surface area contributed by atoms with Gasteiger partial charge in [0.25, 0.3) is 10.0 Å². The normalized spacial score (nSPS) is 23.4. The van der Waals surface area contributed by atoms with Crippen molar-refractivity contribution in [2.75, 3.05) is 19.6 Å². The third-order valence-corrected chi connectivity index (χ3v) is 4.66. The van der Waals surface area contributed by atoms with Crippen molar-refractivity contribution in [3.63, 3.8) is 0 Å². The molecule has 2 rings (SSSR count). The molecule has 0 saturated carbocycles. The lowest BCUT2D eigenvalue weighted by atomic mass is 10.0. The van der Waals surface area contributed by atoms with Gasteiger partial charge in [0.1, 0.15) is 0 Å². The van der Waals surface area contributed by atoms with E-state index in [1.807, 2.05) is 0 Å². The monoisotopic (exact) mass is 244 g/mol. The molecule has 1 aliphatic rings. The Kier molecular flexibility index (Phi) is 3.32. The van der Waals surface area contributed by atoms with E-state index >= 15 is 0 Å². The van der Waals surface area contributed by atoms with Crippen molar-refractivity contribution in [1.82, 2.24) is 4.31 Å². The maximum absolute atomic E-state index is 12.1. The van der Waals surface area contributed by atoms with E-state index in [0.717, 1.165) is 12.8 Å². The second kappa shape index (κ2) is 4.57. The summed E-state index contributed by atoms with van der Waals surface area (Å²) in [6.07, 6.45) is 3.24. The average molecular weight is 244 g/mol. The minimum atomic E-state index is -3.45. The van der Waals surface area contributed by atoms with Gasteiger partial charge in [0, 0.05) is 13.1 Å². The fourth-order valence-electron chi connectivity index (χ4n) is 1.98. The summed E-state index contributed by atoms with van der Waals surface area (Å²) in [7, 11) is -3.45. The largest absolute Gasteiger partial charge is 0.452 e. The van der Waals surface area contributed by atoms with Crippen LogP contribution in [0.1, 0.15) is 12.8 Å². The van der Waals surface area contributed by atoms with E-state index in [4.69, 9.17) is 10.2 Å². The second-order valence-corrected chi connectivity index (χ2v) is 5.91. The van der Waals surface area contributed by atoms with E-state index in [-0.39, 0.29) is 11.0 Å². The van der Waals surface area contributed by atoms with Crippen LogP contribution in [0.5, 0.6) is 0 Å². The Hall–Kier alpha value is -0.850. The van der Waals surface area contributed by atoms with Gasteiger partial charge in [-0.15, -0.1) is 0 Å². The Labute approximate surface area is 95.3 Å². The van der Waals surface area contributed by atoms with E-state index in [1.54, 1.807) is 6.07 Å². The third-order valence-electron chi connectivity index (χ3n) is 2.90. The van der Waals surface area contributed by atoms with Crippen LogP contribution in [0.4, 0.5) is 0 Å². The van der Waals surface area contributed by atoms with Crippen molar-refractivity contribution in [1.29, 1.82) is 0 Å². The van der Waals surface area contributed by atoms with Gasteiger partial charge in [0.15, 0.2) is 0 Å². The molecule has 90 valence electrons. The lowest BCUT2D eigenvalue weighted by molar-refractivity contribution is 0.265. The Morgan fingerprint density at radius 3 is 3.00 bits per heavy atom. The molecule has 5 nitrogen and oxygen atoms in total. The van der Waals surface area contributed by atoms with Crippen LogP contribution in [0.3, 0.4) is 0 Å². The van der Waals surface area contributed by atoms with Crippen molar-refractivity contribution in [3.8, 4) is 0 Å². The summed E-state index contributed by atoms with van der Waals surface area (Å²) in [5, 5.41) is 0.0187. The first-order chi connectivity index (χ1) is 7.64. The summed E-state index contributed by atoms with van der Waals surface area (Å²) in [6.45, 7) is 1.59. The van der Waals surface area contributed by atoms with E-state index in [1.165, 1.54) is 16.6 Å². The van der Waals surface area contributed by atoms with Crippen LogP contribution in [0.15, 0.2) is 27.9 Å². The van der Waals surface area contributed by atoms with E-state index in [9.17, 15) is 8.42 Å². The van der Waals surface area contributed by atoms with Crippen molar-refractivity contribution < 1.29 is 12.8 Å². The quantitative estimate of drug-likeness (QED) is 0.846. The fourth-order valence-corrected chi connectivity index (χ4v) is 3.43. The van der Waals surface area contributed by atoms with Crippen LogP contribution >= 0.6 is 0 Å². The van der Waals surface area contributed by atoms with Crippen molar-refractivity contribution in [3.05, 3.63) is 18.4 Å². The number of rotatable bonds is 3. The number of nitrogens with zero attached hydrogens (tertiary/aromatic N) is 1. The molecule has 2 heterocycles. The fraction of sp³-hybridized carbons (Fsp3) is 0.600. The predicted octanol–water partition coefficient (Wildman–Crippen LogP) is 0.639. The molecule has 1 aromatic rings. The zero-order chi connectivity index (χ0) is 11.6. The molecule has 1 aliphatic heterocycles. The molecule has 1 atom stereocenters. The topological polar surface area (TPSA) is 76.5 Å². The Morgan fingerprint density at radius 1 is 1.56 bits per heavy atom. The van der Waals surface area contributed by atoms with Crippen LogP contribution < -0.4 is 5.73 Å². The average Bonchev–Trinajstić information content (AvgIpc) is 2.83. The van der Waals surface area contributed by atoms with Gasteiger partial charge < -0.3 is 10.2 Å². The van der Waals surface area contributed by atoms with Gasteiger partial charge in [0.05, 0.1) is 6.26 Å². The van der Waals surface area contributed by atoms with Gasteiger partial charge in [-0.1, -0.05) is 0 Å². The Balaban J connectivity index is 2.18. The molecule has 1 fully saturated rings. The molecule has 6 heteroatoms. The number of furan rings is 1. The first kappa shape index (κ1) is 11.6. The highest BCUT2D eigenvalue weighted by Gasteiger charge is 2.31. The summed E-state index contributed by atoms with van der Waals surface area (Å²) in [5.74, 6) is 0.262. The highest BCUT2D eigenvalue weighted by Crippen LogP contribution is 2.23. The molecule has 1 aromatic heterocycles. The van der Waals surface area contributed by atoms with Crippen LogP contribution in [0, 0.1) is 5.92 Å². The minimum Gasteiger partial charge on any atom is -0.452 e. The lowest BCUT2D eigenvalue weighted by Gasteiger charge is -2.30. The van der Waals surface area contributed by atoms with Crippen LogP contribution in [0.2, 0.25) is 0 Å². The first-order valence-electron chi connectivity index (χ1n) is 5.38. The molecule has 0 aliphatic carbocycles. The van der Waals surface area contributed by atoms with Gasteiger partial charge in [-0.05, 0) is 37.4 Å². The van der Waals surface area contributed by atoms with E-state index < -0.39 is 10.0 Å². The highest BCUT2D eigenvalue weighted by atomic mass is 32.2. The Bertz CT molecular complexity index is 427. The zero-order valence-corrected chi connectivity index (χ0v) is 9.82. The van der Waals surface area contributed by atoms with Gasteiger partial charge in [0.2, 0.25) is 5.09 Å².